The summed E-state index contributed by atoms with van der Waals surface area (Å²) in [6.45, 7) is 2.07. The van der Waals surface area contributed by atoms with Gasteiger partial charge in [-0.2, -0.15) is 0 Å². The van der Waals surface area contributed by atoms with E-state index in [4.69, 9.17) is 10.5 Å². The largest absolute Gasteiger partial charge is 0.384 e. The third-order valence-electron chi connectivity index (χ3n) is 4.98. The minimum atomic E-state index is -0.669. The molecule has 0 aliphatic carbocycles. The normalized spacial score (nSPS) is 15.2. The maximum absolute atomic E-state index is 13.1. The zero-order chi connectivity index (χ0) is 20.2. The number of amides is 2. The predicted octanol–water partition coefficient (Wildman–Crippen LogP) is 1.34. The molecule has 4 rings (SSSR count). The highest BCUT2D eigenvalue weighted by molar-refractivity contribution is 6.00. The lowest BCUT2D eigenvalue weighted by Gasteiger charge is -2.30. The molecular formula is C21H23N5O3. The number of hydrogen-bond donors (Lipinski definition) is 3. The number of nitrogens with one attached hydrogen (secondary N) is 2. The molecule has 4 N–H and O–H groups in total. The van der Waals surface area contributed by atoms with Gasteiger partial charge in [0.2, 0.25) is 5.91 Å². The molecule has 150 valence electrons. The number of aromatic amines is 1. The maximum Gasteiger partial charge on any atom is 0.268 e. The molecule has 1 aromatic carbocycles. The van der Waals surface area contributed by atoms with Gasteiger partial charge in [-0.05, 0) is 17.7 Å². The Labute approximate surface area is 168 Å². The van der Waals surface area contributed by atoms with Crippen molar-refractivity contribution in [3.05, 3.63) is 59.9 Å². The molecule has 29 heavy (non-hydrogen) atoms. The molecule has 3 aromatic rings. The molecule has 0 radical (unpaired) electrons. The van der Waals surface area contributed by atoms with Crippen LogP contribution in [-0.2, 0) is 16.0 Å². The molecule has 1 atom stereocenters. The second-order valence-electron chi connectivity index (χ2n) is 7.03. The number of nitrogen functional groups attached to an aromatic ring is 1. The lowest BCUT2D eigenvalue weighted by Crippen LogP contribution is -2.52. The molecule has 8 heteroatoms. The molecule has 2 aromatic heterocycles. The Balaban J connectivity index is 1.55. The average molecular weight is 393 g/mol. The van der Waals surface area contributed by atoms with Crippen LogP contribution in [0.25, 0.3) is 10.9 Å². The average Bonchev–Trinajstić information content (AvgIpc) is 3.17. The first-order chi connectivity index (χ1) is 14.1. The van der Waals surface area contributed by atoms with Crippen molar-refractivity contribution in [3.63, 3.8) is 0 Å². The van der Waals surface area contributed by atoms with Crippen molar-refractivity contribution < 1.29 is 14.3 Å². The van der Waals surface area contributed by atoms with Crippen molar-refractivity contribution in [2.45, 2.75) is 12.5 Å². The van der Waals surface area contributed by atoms with E-state index in [2.05, 4.69) is 15.3 Å². The van der Waals surface area contributed by atoms with E-state index in [1.165, 1.54) is 0 Å². The van der Waals surface area contributed by atoms with E-state index in [-0.39, 0.29) is 11.8 Å². The zero-order valence-electron chi connectivity index (χ0n) is 15.9. The molecule has 1 aliphatic rings. The lowest BCUT2D eigenvalue weighted by molar-refractivity contribution is -0.137. The highest BCUT2D eigenvalue weighted by Crippen LogP contribution is 2.17. The van der Waals surface area contributed by atoms with Gasteiger partial charge in [0.1, 0.15) is 17.6 Å². The van der Waals surface area contributed by atoms with E-state index in [0.717, 1.165) is 10.9 Å². The molecule has 3 heterocycles. The fraction of sp³-hybridized carbons (Fsp3) is 0.286. The molecule has 1 saturated heterocycles. The third-order valence-corrected chi connectivity index (χ3v) is 4.98. The minimum Gasteiger partial charge on any atom is -0.384 e. The summed E-state index contributed by atoms with van der Waals surface area (Å²) in [5.41, 5.74) is 7.76. The number of carbonyl (C=O) groups is 2. The summed E-state index contributed by atoms with van der Waals surface area (Å²) in [7, 11) is 0. The number of aromatic nitrogens is 2. The number of H-pyrrole nitrogens is 1. The second kappa shape index (κ2) is 8.32. The van der Waals surface area contributed by atoms with Gasteiger partial charge in [0.15, 0.2) is 0 Å². The quantitative estimate of drug-likeness (QED) is 0.605. The molecule has 2 amide bonds. The Morgan fingerprint density at radius 3 is 2.72 bits per heavy atom. The van der Waals surface area contributed by atoms with Crippen LogP contribution >= 0.6 is 0 Å². The molecular weight excluding hydrogens is 370 g/mol. The highest BCUT2D eigenvalue weighted by Gasteiger charge is 2.28. The van der Waals surface area contributed by atoms with Crippen molar-refractivity contribution in [1.82, 2.24) is 20.2 Å². The van der Waals surface area contributed by atoms with Gasteiger partial charge < -0.3 is 25.7 Å². The van der Waals surface area contributed by atoms with Gasteiger partial charge in [-0.1, -0.05) is 30.3 Å². The summed E-state index contributed by atoms with van der Waals surface area (Å²) in [6.07, 6.45) is 2.00. The summed E-state index contributed by atoms with van der Waals surface area (Å²) >= 11 is 0. The fourth-order valence-electron chi connectivity index (χ4n) is 3.46. The smallest absolute Gasteiger partial charge is 0.268 e. The Morgan fingerprint density at radius 1 is 1.21 bits per heavy atom. The number of fused-ring (bicyclic) bond motifs is 1. The minimum absolute atomic E-state index is 0.104. The summed E-state index contributed by atoms with van der Waals surface area (Å²) in [4.78, 5) is 34.8. The van der Waals surface area contributed by atoms with Gasteiger partial charge >= 0.3 is 0 Å². The van der Waals surface area contributed by atoms with Crippen molar-refractivity contribution >= 4 is 28.5 Å². The van der Waals surface area contributed by atoms with Crippen LogP contribution in [0.5, 0.6) is 0 Å². The first-order valence-corrected chi connectivity index (χ1v) is 9.56. The summed E-state index contributed by atoms with van der Waals surface area (Å²) < 4.78 is 5.34. The topological polar surface area (TPSA) is 113 Å². The summed E-state index contributed by atoms with van der Waals surface area (Å²) in [5.74, 6) is -0.0669. The van der Waals surface area contributed by atoms with Crippen LogP contribution < -0.4 is 11.1 Å². The third kappa shape index (κ3) is 4.38. The number of nitrogens with zero attached hydrogens (tertiary/aromatic N) is 2. The molecule has 1 aliphatic heterocycles. The van der Waals surface area contributed by atoms with Gasteiger partial charge in [0.05, 0.1) is 24.9 Å². The van der Waals surface area contributed by atoms with E-state index in [0.29, 0.717) is 49.8 Å². The standard InChI is InChI=1S/C21H23N5O3/c22-19-12-15-11-16(24-18(15)13-23-19)20(27)25-17(10-14-4-2-1-3-5-14)21(28)26-6-8-29-9-7-26/h1-5,11-13,17,24H,6-10H2,(H2,22,23)(H,25,27)/t17-/m0/s1. The van der Waals surface area contributed by atoms with Crippen LogP contribution in [0.15, 0.2) is 48.7 Å². The van der Waals surface area contributed by atoms with E-state index in [1.54, 1.807) is 23.2 Å². The van der Waals surface area contributed by atoms with Gasteiger partial charge in [0, 0.05) is 24.9 Å². The highest BCUT2D eigenvalue weighted by atomic mass is 16.5. The monoisotopic (exact) mass is 393 g/mol. The maximum atomic E-state index is 13.1. The van der Waals surface area contributed by atoms with Crippen molar-refractivity contribution in [1.29, 1.82) is 0 Å². The first-order valence-electron chi connectivity index (χ1n) is 9.56. The lowest BCUT2D eigenvalue weighted by atomic mass is 10.0. The Morgan fingerprint density at radius 2 is 1.97 bits per heavy atom. The number of rotatable bonds is 5. The predicted molar refractivity (Wildman–Crippen MR) is 109 cm³/mol. The Kier molecular flexibility index (Phi) is 5.44. The Bertz CT molecular complexity index is 1010. The van der Waals surface area contributed by atoms with Crippen molar-refractivity contribution in [2.24, 2.45) is 0 Å². The fourth-order valence-corrected chi connectivity index (χ4v) is 3.46. The second-order valence-corrected chi connectivity index (χ2v) is 7.03. The SMILES string of the molecule is Nc1cc2cc(C(=O)N[C@@H](Cc3ccccc3)C(=O)N3CCOCC3)[nH]c2cn1. The van der Waals surface area contributed by atoms with Gasteiger partial charge in [-0.3, -0.25) is 9.59 Å². The van der Waals surface area contributed by atoms with Crippen LogP contribution in [0.3, 0.4) is 0 Å². The van der Waals surface area contributed by atoms with Crippen LogP contribution in [0.1, 0.15) is 16.1 Å². The molecule has 0 bridgehead atoms. The van der Waals surface area contributed by atoms with E-state index < -0.39 is 6.04 Å². The van der Waals surface area contributed by atoms with Gasteiger partial charge in [-0.25, -0.2) is 4.98 Å². The molecule has 8 nitrogen and oxygen atoms in total. The summed E-state index contributed by atoms with van der Waals surface area (Å²) in [6, 6.07) is 12.4. The van der Waals surface area contributed by atoms with Crippen molar-refractivity contribution in [3.8, 4) is 0 Å². The number of pyridine rings is 1. The van der Waals surface area contributed by atoms with Crippen LogP contribution in [-0.4, -0.2) is 59.0 Å². The van der Waals surface area contributed by atoms with Crippen LogP contribution in [0, 0.1) is 0 Å². The molecule has 0 saturated carbocycles. The first kappa shape index (κ1) is 18.9. The van der Waals surface area contributed by atoms with Gasteiger partial charge in [-0.15, -0.1) is 0 Å². The van der Waals surface area contributed by atoms with Gasteiger partial charge in [0.25, 0.3) is 5.91 Å². The van der Waals surface area contributed by atoms with Crippen LogP contribution in [0.4, 0.5) is 5.82 Å². The number of hydrogen-bond acceptors (Lipinski definition) is 5. The number of carbonyl (C=O) groups excluding carboxylic acids is 2. The Hall–Kier alpha value is -3.39. The number of anilines is 1. The molecule has 1 fully saturated rings. The van der Waals surface area contributed by atoms with E-state index in [9.17, 15) is 9.59 Å². The van der Waals surface area contributed by atoms with Crippen molar-refractivity contribution in [2.75, 3.05) is 32.0 Å². The number of morpholine rings is 1. The van der Waals surface area contributed by atoms with E-state index in [1.807, 2.05) is 30.3 Å². The number of nitrogens with two attached hydrogens (primary N) is 1. The molecule has 0 unspecified atom stereocenters. The van der Waals surface area contributed by atoms with Crippen LogP contribution in [0.2, 0.25) is 0 Å². The summed E-state index contributed by atoms with van der Waals surface area (Å²) in [5, 5.41) is 3.69. The number of benzene rings is 1. The molecule has 0 spiro atoms. The number of ether oxygens (including phenoxy) is 1. The van der Waals surface area contributed by atoms with E-state index >= 15 is 0 Å². The zero-order valence-corrected chi connectivity index (χ0v) is 15.9.